The molecule has 0 saturated heterocycles. The Morgan fingerprint density at radius 3 is 2.91 bits per heavy atom. The highest BCUT2D eigenvalue weighted by atomic mass is 32.2. The topological polar surface area (TPSA) is 53.2 Å². The fourth-order valence-electron chi connectivity index (χ4n) is 0.477. The molecule has 0 aliphatic heterocycles. The van der Waals surface area contributed by atoms with Crippen molar-refractivity contribution in [3.63, 3.8) is 0 Å². The SMILES string of the molecule is C=CC(O)SC(CC)OC#N. The molecule has 0 aliphatic rings. The molecular formula is C7H11NO2S. The maximum absolute atomic E-state index is 9.04. The monoisotopic (exact) mass is 173 g/mol. The number of nitriles is 1. The van der Waals surface area contributed by atoms with E-state index in [1.54, 1.807) is 6.26 Å². The summed E-state index contributed by atoms with van der Waals surface area (Å²) < 4.78 is 4.62. The molecular weight excluding hydrogens is 162 g/mol. The minimum Gasteiger partial charge on any atom is -0.413 e. The van der Waals surface area contributed by atoms with Crippen molar-refractivity contribution in [2.45, 2.75) is 24.2 Å². The van der Waals surface area contributed by atoms with E-state index < -0.39 is 5.44 Å². The van der Waals surface area contributed by atoms with Crippen LogP contribution in [0.15, 0.2) is 12.7 Å². The van der Waals surface area contributed by atoms with Gasteiger partial charge in [0.15, 0.2) is 5.44 Å². The van der Waals surface area contributed by atoms with Crippen LogP contribution in [0.3, 0.4) is 0 Å². The molecule has 0 aromatic heterocycles. The lowest BCUT2D eigenvalue weighted by Crippen LogP contribution is -2.09. The minimum atomic E-state index is -0.659. The van der Waals surface area contributed by atoms with Gasteiger partial charge in [-0.15, -0.1) is 0 Å². The van der Waals surface area contributed by atoms with Crippen LogP contribution in [-0.2, 0) is 4.74 Å². The van der Waals surface area contributed by atoms with Crippen LogP contribution >= 0.6 is 11.8 Å². The van der Waals surface area contributed by atoms with Gasteiger partial charge in [-0.25, -0.2) is 0 Å². The van der Waals surface area contributed by atoms with Gasteiger partial charge in [0.25, 0.3) is 6.26 Å². The lowest BCUT2D eigenvalue weighted by molar-refractivity contribution is 0.230. The van der Waals surface area contributed by atoms with Crippen molar-refractivity contribution in [1.29, 1.82) is 5.26 Å². The molecule has 62 valence electrons. The number of hydrogen-bond acceptors (Lipinski definition) is 4. The Bertz CT molecular complexity index is 155. The standard InChI is InChI=1S/C7H11NO2S/c1-3-6(9)11-7(4-2)10-5-8/h3,6-7,9H,1,4H2,2H3. The largest absolute Gasteiger partial charge is 0.413 e. The van der Waals surface area contributed by atoms with Gasteiger partial charge in [-0.05, 0) is 6.42 Å². The third-order valence-electron chi connectivity index (χ3n) is 1.01. The van der Waals surface area contributed by atoms with Gasteiger partial charge in [0.1, 0.15) is 5.44 Å². The van der Waals surface area contributed by atoms with Crippen LogP contribution in [-0.4, -0.2) is 16.0 Å². The van der Waals surface area contributed by atoms with Gasteiger partial charge in [0.2, 0.25) is 0 Å². The zero-order valence-corrected chi connectivity index (χ0v) is 7.17. The summed E-state index contributed by atoms with van der Waals surface area (Å²) in [5.74, 6) is 0. The van der Waals surface area contributed by atoms with E-state index in [4.69, 9.17) is 10.4 Å². The summed E-state index contributed by atoms with van der Waals surface area (Å²) in [4.78, 5) is 0. The van der Waals surface area contributed by atoms with Crippen LogP contribution in [0.4, 0.5) is 0 Å². The number of rotatable bonds is 5. The highest BCUT2D eigenvalue weighted by Crippen LogP contribution is 2.19. The van der Waals surface area contributed by atoms with Crippen molar-refractivity contribution >= 4 is 11.8 Å². The highest BCUT2D eigenvalue weighted by molar-refractivity contribution is 8.00. The van der Waals surface area contributed by atoms with E-state index in [0.717, 1.165) is 11.8 Å². The van der Waals surface area contributed by atoms with Crippen LogP contribution in [0, 0.1) is 11.5 Å². The number of aliphatic hydroxyl groups is 1. The molecule has 0 spiro atoms. The lowest BCUT2D eigenvalue weighted by Gasteiger charge is -2.12. The molecule has 0 heterocycles. The van der Waals surface area contributed by atoms with Gasteiger partial charge in [0.05, 0.1) is 0 Å². The Hall–Kier alpha value is -0.660. The molecule has 0 rings (SSSR count). The normalized spacial score (nSPS) is 14.6. The van der Waals surface area contributed by atoms with E-state index in [1.165, 1.54) is 6.08 Å². The molecule has 0 aromatic rings. The predicted molar refractivity (Wildman–Crippen MR) is 44.6 cm³/mol. The first-order chi connectivity index (χ1) is 5.24. The quantitative estimate of drug-likeness (QED) is 0.388. The van der Waals surface area contributed by atoms with Crippen molar-refractivity contribution in [1.82, 2.24) is 0 Å². The summed E-state index contributed by atoms with van der Waals surface area (Å²) in [6.07, 6.45) is 3.66. The second-order valence-corrected chi connectivity index (χ2v) is 3.09. The second-order valence-electron chi connectivity index (χ2n) is 1.81. The summed E-state index contributed by atoms with van der Waals surface area (Å²) in [5.41, 5.74) is -0.929. The summed E-state index contributed by atoms with van der Waals surface area (Å²) in [7, 11) is 0. The summed E-state index contributed by atoms with van der Waals surface area (Å²) in [5, 5.41) is 17.2. The zero-order chi connectivity index (χ0) is 8.69. The van der Waals surface area contributed by atoms with Crippen LogP contribution in [0.25, 0.3) is 0 Å². The molecule has 0 amide bonds. The van der Waals surface area contributed by atoms with Crippen molar-refractivity contribution in [3.05, 3.63) is 12.7 Å². The Labute approximate surface area is 70.7 Å². The second kappa shape index (κ2) is 6.08. The first-order valence-electron chi connectivity index (χ1n) is 3.25. The molecule has 2 atom stereocenters. The van der Waals surface area contributed by atoms with Crippen LogP contribution in [0.1, 0.15) is 13.3 Å². The van der Waals surface area contributed by atoms with Gasteiger partial charge in [-0.1, -0.05) is 31.3 Å². The number of nitrogens with zero attached hydrogens (tertiary/aromatic N) is 1. The van der Waals surface area contributed by atoms with E-state index in [0.29, 0.717) is 6.42 Å². The Morgan fingerprint density at radius 2 is 2.55 bits per heavy atom. The Kier molecular flexibility index (Phi) is 5.71. The maximum Gasteiger partial charge on any atom is 0.287 e. The summed E-state index contributed by atoms with van der Waals surface area (Å²) in [6.45, 7) is 5.28. The molecule has 4 heteroatoms. The van der Waals surface area contributed by atoms with E-state index in [-0.39, 0.29) is 5.44 Å². The molecule has 0 aliphatic carbocycles. The molecule has 0 saturated carbocycles. The van der Waals surface area contributed by atoms with Gasteiger partial charge < -0.3 is 9.84 Å². The predicted octanol–water partition coefficient (Wildman–Crippen LogP) is 1.46. The number of ether oxygens (including phenoxy) is 1. The third-order valence-corrected chi connectivity index (χ3v) is 2.21. The average molecular weight is 173 g/mol. The van der Waals surface area contributed by atoms with E-state index in [2.05, 4.69) is 11.3 Å². The third kappa shape index (κ3) is 4.71. The highest BCUT2D eigenvalue weighted by Gasteiger charge is 2.11. The average Bonchev–Trinajstić information content (AvgIpc) is 2.03. The van der Waals surface area contributed by atoms with Crippen molar-refractivity contribution < 1.29 is 9.84 Å². The van der Waals surface area contributed by atoms with Crippen LogP contribution in [0.2, 0.25) is 0 Å². The van der Waals surface area contributed by atoms with Gasteiger partial charge in [0, 0.05) is 0 Å². The van der Waals surface area contributed by atoms with Crippen molar-refractivity contribution in [2.75, 3.05) is 0 Å². The van der Waals surface area contributed by atoms with E-state index in [9.17, 15) is 0 Å². The number of aliphatic hydroxyl groups excluding tert-OH is 1. The first-order valence-corrected chi connectivity index (χ1v) is 4.19. The lowest BCUT2D eigenvalue weighted by atomic mass is 10.5. The maximum atomic E-state index is 9.04. The number of thioether (sulfide) groups is 1. The fraction of sp³-hybridized carbons (Fsp3) is 0.571. The molecule has 0 fully saturated rings. The van der Waals surface area contributed by atoms with Gasteiger partial charge in [-0.3, -0.25) is 0 Å². The van der Waals surface area contributed by atoms with Crippen LogP contribution in [0.5, 0.6) is 0 Å². The van der Waals surface area contributed by atoms with Crippen molar-refractivity contribution in [3.8, 4) is 6.26 Å². The van der Waals surface area contributed by atoms with E-state index >= 15 is 0 Å². The molecule has 2 unspecified atom stereocenters. The molecule has 3 nitrogen and oxygen atoms in total. The van der Waals surface area contributed by atoms with Gasteiger partial charge >= 0.3 is 0 Å². The van der Waals surface area contributed by atoms with Gasteiger partial charge in [-0.2, -0.15) is 5.26 Å². The first kappa shape index (κ1) is 10.3. The summed E-state index contributed by atoms with van der Waals surface area (Å²) >= 11 is 1.16. The smallest absolute Gasteiger partial charge is 0.287 e. The van der Waals surface area contributed by atoms with Crippen molar-refractivity contribution in [2.24, 2.45) is 0 Å². The zero-order valence-electron chi connectivity index (χ0n) is 6.36. The Balaban J connectivity index is 3.69. The molecule has 0 aromatic carbocycles. The number of hydrogen-bond donors (Lipinski definition) is 1. The molecule has 0 radical (unpaired) electrons. The summed E-state index contributed by atoms with van der Waals surface area (Å²) in [6, 6.07) is 0. The minimum absolute atomic E-state index is 0.270. The molecule has 11 heavy (non-hydrogen) atoms. The molecule has 1 N–H and O–H groups in total. The molecule has 0 bridgehead atoms. The van der Waals surface area contributed by atoms with Crippen LogP contribution < -0.4 is 0 Å². The fourth-order valence-corrected chi connectivity index (χ4v) is 1.19. The Morgan fingerprint density at radius 1 is 1.91 bits per heavy atom. The van der Waals surface area contributed by atoms with E-state index in [1.807, 2.05) is 6.92 Å².